The van der Waals surface area contributed by atoms with Crippen LogP contribution in [0.2, 0.25) is 0 Å². The Morgan fingerprint density at radius 1 is 1.17 bits per heavy atom. The van der Waals surface area contributed by atoms with Gasteiger partial charge in [0.1, 0.15) is 0 Å². The minimum absolute atomic E-state index is 0.245. The molecule has 1 aliphatic carbocycles. The van der Waals surface area contributed by atoms with Crippen molar-refractivity contribution in [3.8, 4) is 0 Å². The Kier molecular flexibility index (Phi) is 6.85. The van der Waals surface area contributed by atoms with E-state index in [0.717, 1.165) is 24.8 Å². The van der Waals surface area contributed by atoms with Gasteiger partial charge in [0, 0.05) is 0 Å². The van der Waals surface area contributed by atoms with Gasteiger partial charge in [-0.3, -0.25) is 4.18 Å². The zero-order valence-electron chi connectivity index (χ0n) is 14.3. The number of hydrogen-bond acceptors (Lipinski definition) is 3. The van der Waals surface area contributed by atoms with E-state index in [4.69, 9.17) is 4.18 Å². The average Bonchev–Trinajstić information content (AvgIpc) is 2.55. The van der Waals surface area contributed by atoms with E-state index >= 15 is 0 Å². The zero-order chi connectivity index (χ0) is 16.7. The molecule has 0 N–H and O–H groups in total. The second-order valence-corrected chi connectivity index (χ2v) is 8.13. The van der Waals surface area contributed by atoms with E-state index in [2.05, 4.69) is 13.0 Å². The predicted octanol–water partition coefficient (Wildman–Crippen LogP) is 5.01. The molecule has 128 valence electrons. The van der Waals surface area contributed by atoms with Gasteiger partial charge < -0.3 is 0 Å². The van der Waals surface area contributed by atoms with Crippen molar-refractivity contribution in [2.45, 2.75) is 63.7 Å². The highest BCUT2D eigenvalue weighted by atomic mass is 32.2. The van der Waals surface area contributed by atoms with E-state index in [-0.39, 0.29) is 11.5 Å². The number of hydrogen-bond donors (Lipinski definition) is 0. The van der Waals surface area contributed by atoms with Crippen molar-refractivity contribution in [1.82, 2.24) is 0 Å². The van der Waals surface area contributed by atoms with Crippen molar-refractivity contribution in [3.05, 3.63) is 41.5 Å². The fourth-order valence-corrected chi connectivity index (χ4v) is 3.86. The lowest BCUT2D eigenvalue weighted by Gasteiger charge is -2.21. The van der Waals surface area contributed by atoms with Crippen LogP contribution in [0, 0.1) is 12.8 Å². The number of aryl methyl sites for hydroxylation is 1. The first-order valence-electron chi connectivity index (χ1n) is 8.65. The third kappa shape index (κ3) is 5.78. The molecular formula is C19H28O3S. The van der Waals surface area contributed by atoms with Crippen molar-refractivity contribution in [1.29, 1.82) is 0 Å². The number of rotatable bonds is 8. The quantitative estimate of drug-likeness (QED) is 0.381. The van der Waals surface area contributed by atoms with Gasteiger partial charge in [0.2, 0.25) is 0 Å². The lowest BCUT2D eigenvalue weighted by molar-refractivity contribution is 0.241. The van der Waals surface area contributed by atoms with Crippen LogP contribution in [0.15, 0.2) is 40.8 Å². The lowest BCUT2D eigenvalue weighted by atomic mass is 9.88. The molecule has 0 fully saturated rings. The summed E-state index contributed by atoms with van der Waals surface area (Å²) in [4.78, 5) is 0.245. The van der Waals surface area contributed by atoms with E-state index in [1.807, 2.05) is 6.92 Å². The van der Waals surface area contributed by atoms with Crippen LogP contribution in [0.1, 0.15) is 57.4 Å². The van der Waals surface area contributed by atoms with Gasteiger partial charge in [0.15, 0.2) is 0 Å². The molecule has 3 nitrogen and oxygen atoms in total. The first-order valence-corrected chi connectivity index (χ1v) is 10.1. The maximum atomic E-state index is 12.2. The molecule has 0 bridgehead atoms. The molecule has 0 amide bonds. The fraction of sp³-hybridized carbons (Fsp3) is 0.579. The SMILES string of the molecule is CCCCCC1=CCC(COS(=O)(=O)c2ccc(C)cc2)CC1. The smallest absolute Gasteiger partial charge is 0.266 e. The first kappa shape index (κ1) is 18.2. The van der Waals surface area contributed by atoms with Gasteiger partial charge in [0.25, 0.3) is 10.1 Å². The molecule has 0 aliphatic heterocycles. The molecular weight excluding hydrogens is 308 g/mol. The highest BCUT2D eigenvalue weighted by molar-refractivity contribution is 7.86. The Hall–Kier alpha value is -1.13. The molecule has 0 spiro atoms. The van der Waals surface area contributed by atoms with Crippen LogP contribution in [-0.4, -0.2) is 15.0 Å². The van der Waals surface area contributed by atoms with Gasteiger partial charge >= 0.3 is 0 Å². The maximum Gasteiger partial charge on any atom is 0.296 e. The van der Waals surface area contributed by atoms with Crippen LogP contribution in [-0.2, 0) is 14.3 Å². The summed E-state index contributed by atoms with van der Waals surface area (Å²) in [6, 6.07) is 6.80. The van der Waals surface area contributed by atoms with E-state index < -0.39 is 10.1 Å². The zero-order valence-corrected chi connectivity index (χ0v) is 15.1. The molecule has 4 heteroatoms. The molecule has 0 heterocycles. The summed E-state index contributed by atoms with van der Waals surface area (Å²) in [5.74, 6) is 0.310. The summed E-state index contributed by atoms with van der Waals surface area (Å²) in [6.45, 7) is 4.44. The van der Waals surface area contributed by atoms with Crippen molar-refractivity contribution < 1.29 is 12.6 Å². The van der Waals surface area contributed by atoms with Crippen molar-refractivity contribution in [2.75, 3.05) is 6.61 Å². The van der Waals surface area contributed by atoms with Crippen LogP contribution in [0.5, 0.6) is 0 Å². The highest BCUT2D eigenvalue weighted by Gasteiger charge is 2.20. The third-order valence-electron chi connectivity index (χ3n) is 4.48. The molecule has 2 rings (SSSR count). The highest BCUT2D eigenvalue weighted by Crippen LogP contribution is 2.28. The van der Waals surface area contributed by atoms with E-state index in [1.165, 1.54) is 31.3 Å². The summed E-state index contributed by atoms with van der Waals surface area (Å²) >= 11 is 0. The van der Waals surface area contributed by atoms with Crippen LogP contribution in [0.4, 0.5) is 0 Å². The Bertz CT molecular complexity index is 615. The lowest BCUT2D eigenvalue weighted by Crippen LogP contribution is -2.17. The van der Waals surface area contributed by atoms with Crippen molar-refractivity contribution >= 4 is 10.1 Å². The largest absolute Gasteiger partial charge is 0.296 e. The first-order chi connectivity index (χ1) is 11.0. The molecule has 0 radical (unpaired) electrons. The van der Waals surface area contributed by atoms with Gasteiger partial charge in [-0.2, -0.15) is 8.42 Å². The van der Waals surface area contributed by atoms with Gasteiger partial charge in [-0.25, -0.2) is 0 Å². The molecule has 1 aromatic carbocycles. The maximum absolute atomic E-state index is 12.2. The Balaban J connectivity index is 1.81. The van der Waals surface area contributed by atoms with Crippen LogP contribution in [0.25, 0.3) is 0 Å². The molecule has 1 atom stereocenters. The molecule has 1 aromatic rings. The molecule has 1 unspecified atom stereocenters. The summed E-state index contributed by atoms with van der Waals surface area (Å²) < 4.78 is 29.6. The third-order valence-corrected chi connectivity index (χ3v) is 5.78. The normalized spacial score (nSPS) is 18.7. The Morgan fingerprint density at radius 3 is 2.52 bits per heavy atom. The number of unbranched alkanes of at least 4 members (excludes halogenated alkanes) is 2. The second kappa shape index (κ2) is 8.65. The molecule has 0 saturated heterocycles. The van der Waals surface area contributed by atoms with E-state index in [9.17, 15) is 8.42 Å². The van der Waals surface area contributed by atoms with Crippen LogP contribution in [0.3, 0.4) is 0 Å². The average molecular weight is 336 g/mol. The van der Waals surface area contributed by atoms with Gasteiger partial charge in [-0.1, -0.05) is 49.1 Å². The number of benzene rings is 1. The van der Waals surface area contributed by atoms with E-state index in [1.54, 1.807) is 24.3 Å². The summed E-state index contributed by atoms with van der Waals surface area (Å²) in [7, 11) is -3.63. The van der Waals surface area contributed by atoms with E-state index in [0.29, 0.717) is 5.92 Å². The molecule has 1 aliphatic rings. The standard InChI is InChI=1S/C19H28O3S/c1-3-4-5-6-17-9-11-18(12-10-17)15-22-23(20,21)19-13-7-16(2)8-14-19/h7-9,13-14,18H,3-6,10-12,15H2,1-2H3. The Labute approximate surface area is 140 Å². The minimum atomic E-state index is -3.63. The number of allylic oxidation sites excluding steroid dienone is 2. The summed E-state index contributed by atoms with van der Waals surface area (Å²) in [5.41, 5.74) is 2.58. The summed E-state index contributed by atoms with van der Waals surface area (Å²) in [5, 5.41) is 0. The Morgan fingerprint density at radius 2 is 1.91 bits per heavy atom. The van der Waals surface area contributed by atoms with Gasteiger partial charge in [0.05, 0.1) is 11.5 Å². The molecule has 0 aromatic heterocycles. The van der Waals surface area contributed by atoms with Crippen LogP contribution < -0.4 is 0 Å². The fourth-order valence-electron chi connectivity index (χ4n) is 2.88. The molecule has 23 heavy (non-hydrogen) atoms. The minimum Gasteiger partial charge on any atom is -0.266 e. The second-order valence-electron chi connectivity index (χ2n) is 6.51. The molecule has 0 saturated carbocycles. The topological polar surface area (TPSA) is 43.4 Å². The predicted molar refractivity (Wildman–Crippen MR) is 93.9 cm³/mol. The van der Waals surface area contributed by atoms with Crippen molar-refractivity contribution in [2.24, 2.45) is 5.92 Å². The monoisotopic (exact) mass is 336 g/mol. The van der Waals surface area contributed by atoms with Gasteiger partial charge in [-0.05, 0) is 57.1 Å². The van der Waals surface area contributed by atoms with Crippen LogP contribution >= 0.6 is 0 Å². The summed E-state index contributed by atoms with van der Waals surface area (Å²) in [6.07, 6.45) is 10.4. The van der Waals surface area contributed by atoms with Crippen molar-refractivity contribution in [3.63, 3.8) is 0 Å². The van der Waals surface area contributed by atoms with Gasteiger partial charge in [-0.15, -0.1) is 0 Å².